The Morgan fingerprint density at radius 2 is 1.42 bits per heavy atom. The molecule has 2 nitrogen and oxygen atoms in total. The summed E-state index contributed by atoms with van der Waals surface area (Å²) in [6, 6.07) is 8.74. The molecule has 0 saturated carbocycles. The zero-order valence-corrected chi connectivity index (χ0v) is 7.14. The standard InChI is InChI=1S/C10H13N.H2O/c1-2-4-10-6-8-11-7-5-9(10)3-1;/h1-4,11H,5-8H2;1H2. The molecule has 0 bridgehead atoms. The number of hydrogen-bond acceptors (Lipinski definition) is 1. The molecule has 1 aromatic rings. The minimum atomic E-state index is 0. The fourth-order valence-electron chi connectivity index (χ4n) is 1.62. The van der Waals surface area contributed by atoms with Crippen LogP contribution in [0.1, 0.15) is 11.1 Å². The van der Waals surface area contributed by atoms with Gasteiger partial charge in [-0.05, 0) is 37.1 Å². The van der Waals surface area contributed by atoms with Crippen molar-refractivity contribution in [3.63, 3.8) is 0 Å². The van der Waals surface area contributed by atoms with Gasteiger partial charge in [0.15, 0.2) is 0 Å². The number of benzene rings is 1. The van der Waals surface area contributed by atoms with Gasteiger partial charge >= 0.3 is 0 Å². The number of rotatable bonds is 0. The van der Waals surface area contributed by atoms with E-state index in [1.807, 2.05) is 0 Å². The van der Waals surface area contributed by atoms with Crippen LogP contribution in [0.5, 0.6) is 0 Å². The largest absolute Gasteiger partial charge is 0.412 e. The van der Waals surface area contributed by atoms with Gasteiger partial charge in [-0.3, -0.25) is 0 Å². The van der Waals surface area contributed by atoms with Crippen molar-refractivity contribution in [2.45, 2.75) is 12.8 Å². The Kier molecular flexibility index (Phi) is 3.26. The second-order valence-corrected chi connectivity index (χ2v) is 3.02. The first-order valence-corrected chi connectivity index (χ1v) is 4.24. The average molecular weight is 165 g/mol. The van der Waals surface area contributed by atoms with E-state index in [-0.39, 0.29) is 5.48 Å². The van der Waals surface area contributed by atoms with E-state index in [4.69, 9.17) is 0 Å². The molecule has 0 aliphatic carbocycles. The molecule has 3 N–H and O–H groups in total. The smallest absolute Gasteiger partial charge is 0.000812 e. The lowest BCUT2D eigenvalue weighted by Crippen LogP contribution is -2.16. The Morgan fingerprint density at radius 1 is 0.917 bits per heavy atom. The van der Waals surface area contributed by atoms with Crippen LogP contribution in [0.25, 0.3) is 0 Å². The van der Waals surface area contributed by atoms with E-state index in [9.17, 15) is 0 Å². The third-order valence-electron chi connectivity index (χ3n) is 2.26. The molecule has 2 heteroatoms. The average Bonchev–Trinajstić information content (AvgIpc) is 2.28. The van der Waals surface area contributed by atoms with E-state index < -0.39 is 0 Å². The SMILES string of the molecule is O.c1ccc2c(c1)CCNCC2. The van der Waals surface area contributed by atoms with Crippen LogP contribution in [0.15, 0.2) is 24.3 Å². The molecule has 0 fully saturated rings. The first-order chi connectivity index (χ1) is 5.47. The highest BCUT2D eigenvalue weighted by atomic mass is 16.0. The third kappa shape index (κ3) is 1.84. The summed E-state index contributed by atoms with van der Waals surface area (Å²) in [4.78, 5) is 0. The van der Waals surface area contributed by atoms with E-state index in [1.54, 1.807) is 0 Å². The minimum Gasteiger partial charge on any atom is -0.412 e. The number of fused-ring (bicyclic) bond motifs is 1. The van der Waals surface area contributed by atoms with E-state index in [0.29, 0.717) is 0 Å². The first kappa shape index (κ1) is 9.23. The molecule has 0 radical (unpaired) electrons. The van der Waals surface area contributed by atoms with Crippen LogP contribution in [0.3, 0.4) is 0 Å². The molecule has 0 unspecified atom stereocenters. The molecule has 1 heterocycles. The quantitative estimate of drug-likeness (QED) is 0.599. The summed E-state index contributed by atoms with van der Waals surface area (Å²) in [5.74, 6) is 0. The van der Waals surface area contributed by atoms with Crippen molar-refractivity contribution in [2.75, 3.05) is 13.1 Å². The Hall–Kier alpha value is -0.860. The second-order valence-electron chi connectivity index (χ2n) is 3.02. The summed E-state index contributed by atoms with van der Waals surface area (Å²) in [5, 5.41) is 3.39. The van der Waals surface area contributed by atoms with Crippen LogP contribution in [-0.2, 0) is 12.8 Å². The summed E-state index contributed by atoms with van der Waals surface area (Å²) in [6.45, 7) is 2.27. The van der Waals surface area contributed by atoms with E-state index in [2.05, 4.69) is 29.6 Å². The van der Waals surface area contributed by atoms with Gasteiger partial charge in [-0.1, -0.05) is 24.3 Å². The molecule has 66 valence electrons. The van der Waals surface area contributed by atoms with Gasteiger partial charge in [-0.25, -0.2) is 0 Å². The summed E-state index contributed by atoms with van der Waals surface area (Å²) in [5.41, 5.74) is 3.05. The van der Waals surface area contributed by atoms with Gasteiger partial charge in [0.25, 0.3) is 0 Å². The maximum absolute atomic E-state index is 3.39. The fourth-order valence-corrected chi connectivity index (χ4v) is 1.62. The van der Waals surface area contributed by atoms with Crippen LogP contribution in [-0.4, -0.2) is 18.6 Å². The van der Waals surface area contributed by atoms with Crippen LogP contribution in [0, 0.1) is 0 Å². The molecule has 1 aliphatic heterocycles. The van der Waals surface area contributed by atoms with Gasteiger partial charge in [0, 0.05) is 0 Å². The molecule has 1 aliphatic rings. The second kappa shape index (κ2) is 4.24. The molecule has 0 atom stereocenters. The van der Waals surface area contributed by atoms with Crippen LogP contribution in [0.4, 0.5) is 0 Å². The molecule has 0 spiro atoms. The van der Waals surface area contributed by atoms with E-state index in [1.165, 1.54) is 24.0 Å². The van der Waals surface area contributed by atoms with Gasteiger partial charge in [0.05, 0.1) is 0 Å². The molecule has 1 aromatic carbocycles. The van der Waals surface area contributed by atoms with Gasteiger partial charge in [0.2, 0.25) is 0 Å². The van der Waals surface area contributed by atoms with Crippen molar-refractivity contribution < 1.29 is 5.48 Å². The normalized spacial score (nSPS) is 15.7. The fraction of sp³-hybridized carbons (Fsp3) is 0.400. The van der Waals surface area contributed by atoms with Crippen molar-refractivity contribution in [1.82, 2.24) is 5.32 Å². The molecular formula is C10H15NO. The van der Waals surface area contributed by atoms with Crippen molar-refractivity contribution in [1.29, 1.82) is 0 Å². The monoisotopic (exact) mass is 165 g/mol. The minimum absolute atomic E-state index is 0. The van der Waals surface area contributed by atoms with Crippen molar-refractivity contribution in [3.8, 4) is 0 Å². The topological polar surface area (TPSA) is 43.5 Å². The van der Waals surface area contributed by atoms with Gasteiger partial charge in [0.1, 0.15) is 0 Å². The number of hydrogen-bond donors (Lipinski definition) is 1. The lowest BCUT2D eigenvalue weighted by Gasteiger charge is -2.01. The zero-order valence-electron chi connectivity index (χ0n) is 7.14. The maximum atomic E-state index is 3.39. The van der Waals surface area contributed by atoms with Crippen molar-refractivity contribution in [2.24, 2.45) is 0 Å². The highest BCUT2D eigenvalue weighted by Gasteiger charge is 2.04. The van der Waals surface area contributed by atoms with Crippen LogP contribution >= 0.6 is 0 Å². The van der Waals surface area contributed by atoms with Crippen molar-refractivity contribution in [3.05, 3.63) is 35.4 Å². The Bertz CT molecular complexity index is 222. The van der Waals surface area contributed by atoms with E-state index in [0.717, 1.165) is 13.1 Å². The predicted molar refractivity (Wildman–Crippen MR) is 50.3 cm³/mol. The zero-order chi connectivity index (χ0) is 7.52. The Balaban J connectivity index is 0.000000720. The highest BCUT2D eigenvalue weighted by Crippen LogP contribution is 2.11. The van der Waals surface area contributed by atoms with Crippen LogP contribution < -0.4 is 5.32 Å². The molecule has 12 heavy (non-hydrogen) atoms. The highest BCUT2D eigenvalue weighted by molar-refractivity contribution is 5.28. The molecule has 0 saturated heterocycles. The number of nitrogens with one attached hydrogen (secondary N) is 1. The lowest BCUT2D eigenvalue weighted by atomic mass is 10.0. The molecule has 0 aromatic heterocycles. The third-order valence-corrected chi connectivity index (χ3v) is 2.26. The summed E-state index contributed by atoms with van der Waals surface area (Å²) in [7, 11) is 0. The Labute approximate surface area is 72.9 Å². The Morgan fingerprint density at radius 3 is 1.92 bits per heavy atom. The van der Waals surface area contributed by atoms with Gasteiger partial charge in [-0.2, -0.15) is 0 Å². The predicted octanol–water partition coefficient (Wildman–Crippen LogP) is 0.550. The molecule has 2 rings (SSSR count). The van der Waals surface area contributed by atoms with Crippen molar-refractivity contribution >= 4 is 0 Å². The molecular weight excluding hydrogens is 150 g/mol. The summed E-state index contributed by atoms with van der Waals surface area (Å²) in [6.07, 6.45) is 2.38. The molecule has 0 amide bonds. The summed E-state index contributed by atoms with van der Waals surface area (Å²) < 4.78 is 0. The van der Waals surface area contributed by atoms with Gasteiger partial charge in [-0.15, -0.1) is 0 Å². The lowest BCUT2D eigenvalue weighted by molar-refractivity contribution is 0.711. The van der Waals surface area contributed by atoms with Gasteiger partial charge < -0.3 is 10.8 Å². The van der Waals surface area contributed by atoms with E-state index >= 15 is 0 Å². The van der Waals surface area contributed by atoms with Crippen LogP contribution in [0.2, 0.25) is 0 Å². The maximum Gasteiger partial charge on any atom is -0.000812 e. The first-order valence-electron chi connectivity index (χ1n) is 4.24. The summed E-state index contributed by atoms with van der Waals surface area (Å²) >= 11 is 0.